The summed E-state index contributed by atoms with van der Waals surface area (Å²) in [6.45, 7) is 1.91. The Bertz CT molecular complexity index is 1600. The van der Waals surface area contributed by atoms with E-state index < -0.39 is 22.9 Å². The average Bonchev–Trinajstić information content (AvgIpc) is 2.99. The first-order valence-electron chi connectivity index (χ1n) is 12.9. The molecule has 0 fully saturated rings. The number of thioether (sulfide) groups is 1. The maximum atomic E-state index is 14.6. The van der Waals surface area contributed by atoms with Crippen LogP contribution in [0.3, 0.4) is 0 Å². The number of halogens is 3. The van der Waals surface area contributed by atoms with Crippen molar-refractivity contribution in [1.82, 2.24) is 5.32 Å². The van der Waals surface area contributed by atoms with Crippen molar-refractivity contribution in [3.8, 4) is 0 Å². The van der Waals surface area contributed by atoms with Crippen molar-refractivity contribution < 1.29 is 18.8 Å². The molecule has 10 heteroatoms. The van der Waals surface area contributed by atoms with Crippen LogP contribution >= 0.6 is 35.0 Å². The number of hydrogen-bond donors (Lipinski definition) is 3. The monoisotopic (exact) mass is 621 g/mol. The van der Waals surface area contributed by atoms with Gasteiger partial charge in [-0.25, -0.2) is 4.39 Å². The second-order valence-electron chi connectivity index (χ2n) is 9.01. The van der Waals surface area contributed by atoms with Crippen LogP contribution in [0.25, 0.3) is 6.08 Å². The van der Waals surface area contributed by atoms with E-state index in [0.29, 0.717) is 28.4 Å². The first-order valence-corrected chi connectivity index (χ1v) is 14.5. The SMILES string of the molecule is CCC(Sc1cccc(NC(=O)/C(=C\c2c(F)cccc2Cl)NC(=O)c2ccccc2)c1)C(=O)Nc1ccc(Cl)cc1. The van der Waals surface area contributed by atoms with E-state index in [9.17, 15) is 18.8 Å². The summed E-state index contributed by atoms with van der Waals surface area (Å²) in [5.74, 6) is -2.06. The summed E-state index contributed by atoms with van der Waals surface area (Å²) in [7, 11) is 0. The van der Waals surface area contributed by atoms with E-state index in [2.05, 4.69) is 16.0 Å². The minimum absolute atomic E-state index is 0.0422. The third kappa shape index (κ3) is 8.45. The topological polar surface area (TPSA) is 87.3 Å². The minimum atomic E-state index is -0.687. The lowest BCUT2D eigenvalue weighted by Crippen LogP contribution is -2.30. The number of anilines is 2. The van der Waals surface area contributed by atoms with Crippen molar-refractivity contribution in [1.29, 1.82) is 0 Å². The van der Waals surface area contributed by atoms with Crippen LogP contribution in [-0.4, -0.2) is 23.0 Å². The summed E-state index contributed by atoms with van der Waals surface area (Å²) in [5, 5.41) is 8.46. The van der Waals surface area contributed by atoms with Gasteiger partial charge < -0.3 is 16.0 Å². The van der Waals surface area contributed by atoms with E-state index in [1.54, 1.807) is 72.8 Å². The minimum Gasteiger partial charge on any atom is -0.325 e. The van der Waals surface area contributed by atoms with Crippen LogP contribution in [0.2, 0.25) is 10.0 Å². The Labute approximate surface area is 257 Å². The molecule has 0 bridgehead atoms. The second-order valence-corrected chi connectivity index (χ2v) is 11.1. The van der Waals surface area contributed by atoms with Crippen LogP contribution in [-0.2, 0) is 9.59 Å². The van der Waals surface area contributed by atoms with Gasteiger partial charge in [-0.15, -0.1) is 11.8 Å². The Kier molecular flexibility index (Phi) is 10.8. The predicted octanol–water partition coefficient (Wildman–Crippen LogP) is 8.05. The Hall–Kier alpha value is -4.11. The van der Waals surface area contributed by atoms with Crippen LogP contribution in [0.5, 0.6) is 0 Å². The standard InChI is InChI=1S/C32H26Cl2FN3O3S/c1-2-29(32(41)36-22-16-14-21(33)15-17-22)42-24-11-6-10-23(18-24)37-31(40)28(19-25-26(34)12-7-13-27(25)35)38-30(39)20-8-4-3-5-9-20/h3-19,29H,2H2,1H3,(H,36,41)(H,37,40)(H,38,39)/b28-19+. The number of carbonyl (C=O) groups is 3. The lowest BCUT2D eigenvalue weighted by Gasteiger charge is -2.16. The molecule has 0 aromatic heterocycles. The Balaban J connectivity index is 1.53. The average molecular weight is 623 g/mol. The zero-order chi connectivity index (χ0) is 30.1. The molecular weight excluding hydrogens is 596 g/mol. The van der Waals surface area contributed by atoms with Gasteiger partial charge in [-0.2, -0.15) is 0 Å². The fourth-order valence-corrected chi connectivity index (χ4v) is 5.18. The van der Waals surface area contributed by atoms with Gasteiger partial charge in [0, 0.05) is 32.4 Å². The molecule has 3 amide bonds. The Morgan fingerprint density at radius 1 is 0.857 bits per heavy atom. The number of benzene rings is 4. The normalized spacial score (nSPS) is 11.9. The van der Waals surface area contributed by atoms with E-state index in [-0.39, 0.29) is 22.2 Å². The fraction of sp³-hybridized carbons (Fsp3) is 0.0938. The van der Waals surface area contributed by atoms with Gasteiger partial charge in [0.1, 0.15) is 11.5 Å². The molecule has 0 aliphatic rings. The summed E-state index contributed by atoms with van der Waals surface area (Å²) in [4.78, 5) is 39.9. The molecule has 0 saturated heterocycles. The predicted molar refractivity (Wildman–Crippen MR) is 168 cm³/mol. The highest BCUT2D eigenvalue weighted by Crippen LogP contribution is 2.29. The first kappa shape index (κ1) is 30.8. The molecule has 0 spiro atoms. The smallest absolute Gasteiger partial charge is 0.272 e. The third-order valence-corrected chi connectivity index (χ3v) is 7.90. The zero-order valence-corrected chi connectivity index (χ0v) is 24.7. The van der Waals surface area contributed by atoms with E-state index >= 15 is 0 Å². The maximum absolute atomic E-state index is 14.6. The summed E-state index contributed by atoms with van der Waals surface area (Å²) in [5.41, 5.74) is 1.12. The quantitative estimate of drug-likeness (QED) is 0.123. The Morgan fingerprint density at radius 2 is 1.57 bits per heavy atom. The largest absolute Gasteiger partial charge is 0.325 e. The molecule has 4 aromatic carbocycles. The third-order valence-electron chi connectivity index (χ3n) is 5.96. The summed E-state index contributed by atoms with van der Waals surface area (Å²) < 4.78 is 14.6. The van der Waals surface area contributed by atoms with Crippen LogP contribution < -0.4 is 16.0 Å². The first-order chi connectivity index (χ1) is 20.2. The zero-order valence-electron chi connectivity index (χ0n) is 22.4. The summed E-state index contributed by atoms with van der Waals surface area (Å²) in [6, 6.07) is 26.3. The van der Waals surface area contributed by atoms with Crippen molar-refractivity contribution in [3.05, 3.63) is 130 Å². The van der Waals surface area contributed by atoms with Crippen molar-refractivity contribution in [2.24, 2.45) is 0 Å². The molecule has 0 aliphatic heterocycles. The van der Waals surface area contributed by atoms with Gasteiger partial charge in [-0.05, 0) is 79.2 Å². The second kappa shape index (κ2) is 14.7. The molecule has 6 nitrogen and oxygen atoms in total. The van der Waals surface area contributed by atoms with Crippen LogP contribution in [0.15, 0.2) is 108 Å². The van der Waals surface area contributed by atoms with Crippen molar-refractivity contribution >= 4 is 70.1 Å². The van der Waals surface area contributed by atoms with Gasteiger partial charge in [-0.1, -0.05) is 60.5 Å². The lowest BCUT2D eigenvalue weighted by atomic mass is 10.1. The van der Waals surface area contributed by atoms with Gasteiger partial charge >= 0.3 is 0 Å². The number of nitrogens with one attached hydrogen (secondary N) is 3. The highest BCUT2D eigenvalue weighted by molar-refractivity contribution is 8.00. The van der Waals surface area contributed by atoms with Crippen LogP contribution in [0, 0.1) is 5.82 Å². The highest BCUT2D eigenvalue weighted by atomic mass is 35.5. The van der Waals surface area contributed by atoms with Gasteiger partial charge in [0.05, 0.1) is 10.3 Å². The molecule has 0 saturated carbocycles. The van der Waals surface area contributed by atoms with E-state index in [1.165, 1.54) is 36.0 Å². The Morgan fingerprint density at radius 3 is 2.26 bits per heavy atom. The van der Waals surface area contributed by atoms with Gasteiger partial charge in [0.25, 0.3) is 11.8 Å². The van der Waals surface area contributed by atoms with E-state index in [1.807, 2.05) is 13.0 Å². The fourth-order valence-electron chi connectivity index (χ4n) is 3.82. The van der Waals surface area contributed by atoms with Gasteiger partial charge in [0.15, 0.2) is 0 Å². The molecule has 214 valence electrons. The number of hydrogen-bond acceptors (Lipinski definition) is 4. The molecule has 42 heavy (non-hydrogen) atoms. The van der Waals surface area contributed by atoms with Crippen LogP contribution in [0.4, 0.5) is 15.8 Å². The van der Waals surface area contributed by atoms with Crippen molar-refractivity contribution in [2.75, 3.05) is 10.6 Å². The van der Waals surface area contributed by atoms with Gasteiger partial charge in [0.2, 0.25) is 5.91 Å². The number of amides is 3. The molecule has 0 aliphatic carbocycles. The summed E-state index contributed by atoms with van der Waals surface area (Å²) in [6.07, 6.45) is 1.75. The molecule has 4 rings (SSSR count). The highest BCUT2D eigenvalue weighted by Gasteiger charge is 2.20. The molecule has 1 unspecified atom stereocenters. The summed E-state index contributed by atoms with van der Waals surface area (Å²) >= 11 is 13.5. The molecule has 1 atom stereocenters. The van der Waals surface area contributed by atoms with E-state index in [4.69, 9.17) is 23.2 Å². The van der Waals surface area contributed by atoms with Crippen molar-refractivity contribution in [3.63, 3.8) is 0 Å². The molecule has 0 heterocycles. The number of rotatable bonds is 10. The molecule has 3 N–H and O–H groups in total. The lowest BCUT2D eigenvalue weighted by molar-refractivity contribution is -0.116. The molecular formula is C32H26Cl2FN3O3S. The van der Waals surface area contributed by atoms with Crippen LogP contribution in [0.1, 0.15) is 29.3 Å². The maximum Gasteiger partial charge on any atom is 0.272 e. The van der Waals surface area contributed by atoms with E-state index in [0.717, 1.165) is 4.90 Å². The van der Waals surface area contributed by atoms with Gasteiger partial charge in [-0.3, -0.25) is 14.4 Å². The number of carbonyl (C=O) groups excluding carboxylic acids is 3. The molecule has 0 radical (unpaired) electrons. The van der Waals surface area contributed by atoms with Crippen molar-refractivity contribution in [2.45, 2.75) is 23.5 Å². The molecule has 4 aromatic rings.